The van der Waals surface area contributed by atoms with Gasteiger partial charge in [0.15, 0.2) is 0 Å². The van der Waals surface area contributed by atoms with E-state index in [4.69, 9.17) is 9.84 Å². The van der Waals surface area contributed by atoms with Crippen LogP contribution in [-0.2, 0) is 9.53 Å². The highest BCUT2D eigenvalue weighted by Crippen LogP contribution is 2.15. The maximum atomic E-state index is 12.1. The van der Waals surface area contributed by atoms with Gasteiger partial charge in [-0.2, -0.15) is 0 Å². The topological polar surface area (TPSA) is 78.9 Å². The highest BCUT2D eigenvalue weighted by Gasteiger charge is 2.25. The standard InChI is InChI=1S/C14H26N2O4/c1-14(2,8-7-12(17)18)15-13(19)16(3)10-11-6-4-5-9-20-11/h11H,4-10H2,1-3H3,(H,15,19)(H,17,18). The van der Waals surface area contributed by atoms with E-state index in [1.165, 1.54) is 0 Å². The van der Waals surface area contributed by atoms with E-state index in [1.807, 2.05) is 13.8 Å². The van der Waals surface area contributed by atoms with Gasteiger partial charge in [0.2, 0.25) is 0 Å². The average Bonchev–Trinajstić information content (AvgIpc) is 2.37. The van der Waals surface area contributed by atoms with Gasteiger partial charge in [-0.05, 0) is 39.5 Å². The van der Waals surface area contributed by atoms with Crippen molar-refractivity contribution in [1.29, 1.82) is 0 Å². The van der Waals surface area contributed by atoms with Crippen LogP contribution in [0.25, 0.3) is 0 Å². The van der Waals surface area contributed by atoms with E-state index in [-0.39, 0.29) is 18.6 Å². The van der Waals surface area contributed by atoms with Gasteiger partial charge < -0.3 is 20.1 Å². The molecule has 6 nitrogen and oxygen atoms in total. The highest BCUT2D eigenvalue weighted by molar-refractivity contribution is 5.75. The molecule has 1 atom stereocenters. The Balaban J connectivity index is 2.37. The van der Waals surface area contributed by atoms with Gasteiger partial charge in [-0.15, -0.1) is 0 Å². The van der Waals surface area contributed by atoms with Crippen LogP contribution in [0.5, 0.6) is 0 Å². The summed E-state index contributed by atoms with van der Waals surface area (Å²) in [6, 6.07) is -0.186. The molecule has 6 heteroatoms. The van der Waals surface area contributed by atoms with Gasteiger partial charge >= 0.3 is 12.0 Å². The van der Waals surface area contributed by atoms with Crippen molar-refractivity contribution in [2.24, 2.45) is 0 Å². The normalized spacial score (nSPS) is 19.4. The molecule has 0 bridgehead atoms. The number of carboxylic acid groups (broad SMARTS) is 1. The number of likely N-dealkylation sites (N-methyl/N-ethyl adjacent to an activating group) is 1. The SMILES string of the molecule is CN(CC1CCCCO1)C(=O)NC(C)(C)CCC(=O)O. The van der Waals surface area contributed by atoms with Crippen LogP contribution >= 0.6 is 0 Å². The third-order valence-electron chi connectivity index (χ3n) is 3.51. The zero-order valence-electron chi connectivity index (χ0n) is 12.6. The summed E-state index contributed by atoms with van der Waals surface area (Å²) in [7, 11) is 1.74. The molecular formula is C14H26N2O4. The highest BCUT2D eigenvalue weighted by atomic mass is 16.5. The number of carbonyl (C=O) groups is 2. The van der Waals surface area contributed by atoms with Crippen LogP contribution in [0.3, 0.4) is 0 Å². The van der Waals surface area contributed by atoms with E-state index in [0.29, 0.717) is 13.0 Å². The molecule has 1 rings (SSSR count). The number of rotatable bonds is 6. The van der Waals surface area contributed by atoms with E-state index < -0.39 is 11.5 Å². The van der Waals surface area contributed by atoms with E-state index in [2.05, 4.69) is 5.32 Å². The molecule has 0 aromatic heterocycles. The van der Waals surface area contributed by atoms with Crippen LogP contribution in [0.15, 0.2) is 0 Å². The smallest absolute Gasteiger partial charge is 0.317 e. The first-order valence-corrected chi connectivity index (χ1v) is 7.17. The summed E-state index contributed by atoms with van der Waals surface area (Å²) in [6.45, 7) is 5.00. The number of nitrogens with zero attached hydrogens (tertiary/aromatic N) is 1. The van der Waals surface area contributed by atoms with Crippen molar-refractivity contribution in [1.82, 2.24) is 10.2 Å². The summed E-state index contributed by atoms with van der Waals surface area (Å²) in [6.07, 6.45) is 3.78. The largest absolute Gasteiger partial charge is 0.481 e. The number of ether oxygens (including phenoxy) is 1. The predicted molar refractivity (Wildman–Crippen MR) is 75.7 cm³/mol. The molecule has 0 aromatic carbocycles. The van der Waals surface area contributed by atoms with Crippen LogP contribution in [0.1, 0.15) is 46.0 Å². The molecule has 0 radical (unpaired) electrons. The van der Waals surface area contributed by atoms with Crippen molar-refractivity contribution < 1.29 is 19.4 Å². The Bertz CT molecular complexity index is 338. The van der Waals surface area contributed by atoms with Gasteiger partial charge in [0.25, 0.3) is 0 Å². The molecule has 1 aliphatic rings. The van der Waals surface area contributed by atoms with Gasteiger partial charge in [-0.1, -0.05) is 0 Å². The number of amides is 2. The number of hydrogen-bond acceptors (Lipinski definition) is 3. The van der Waals surface area contributed by atoms with E-state index in [9.17, 15) is 9.59 Å². The number of hydrogen-bond donors (Lipinski definition) is 2. The quantitative estimate of drug-likeness (QED) is 0.781. The second-order valence-electron chi connectivity index (χ2n) is 6.08. The summed E-state index contributed by atoms with van der Waals surface area (Å²) < 4.78 is 5.61. The first-order chi connectivity index (χ1) is 9.30. The summed E-state index contributed by atoms with van der Waals surface area (Å²) in [5.74, 6) is -0.851. The van der Waals surface area contributed by atoms with Crippen molar-refractivity contribution >= 4 is 12.0 Å². The summed E-state index contributed by atoms with van der Waals surface area (Å²) >= 11 is 0. The number of carbonyl (C=O) groups excluding carboxylic acids is 1. The van der Waals surface area contributed by atoms with Gasteiger partial charge in [-0.3, -0.25) is 4.79 Å². The van der Waals surface area contributed by atoms with Gasteiger partial charge in [0.1, 0.15) is 0 Å². The maximum absolute atomic E-state index is 12.1. The first kappa shape index (κ1) is 16.8. The fourth-order valence-electron chi connectivity index (χ4n) is 2.21. The molecule has 2 amide bonds. The molecule has 0 saturated carbocycles. The summed E-state index contributed by atoms with van der Waals surface area (Å²) in [4.78, 5) is 24.3. The van der Waals surface area contributed by atoms with Crippen LogP contribution < -0.4 is 5.32 Å². The van der Waals surface area contributed by atoms with Crippen molar-refractivity contribution in [3.05, 3.63) is 0 Å². The lowest BCUT2D eigenvalue weighted by Gasteiger charge is -2.31. The summed E-state index contributed by atoms with van der Waals surface area (Å²) in [5, 5.41) is 11.6. The minimum Gasteiger partial charge on any atom is -0.481 e. The molecule has 1 fully saturated rings. The molecular weight excluding hydrogens is 260 g/mol. The molecule has 116 valence electrons. The lowest BCUT2D eigenvalue weighted by molar-refractivity contribution is -0.137. The van der Waals surface area contributed by atoms with Crippen molar-refractivity contribution in [3.63, 3.8) is 0 Å². The third kappa shape index (κ3) is 6.23. The molecule has 1 unspecified atom stereocenters. The fraction of sp³-hybridized carbons (Fsp3) is 0.857. The Morgan fingerprint density at radius 3 is 2.65 bits per heavy atom. The molecule has 0 spiro atoms. The zero-order valence-corrected chi connectivity index (χ0v) is 12.6. The average molecular weight is 286 g/mol. The minimum atomic E-state index is -0.851. The minimum absolute atomic E-state index is 0.0444. The maximum Gasteiger partial charge on any atom is 0.317 e. The molecule has 0 aliphatic carbocycles. The second-order valence-corrected chi connectivity index (χ2v) is 6.08. The number of aliphatic carboxylic acids is 1. The Morgan fingerprint density at radius 1 is 1.40 bits per heavy atom. The molecule has 1 aliphatic heterocycles. The second kappa shape index (κ2) is 7.47. The van der Waals surface area contributed by atoms with Crippen molar-refractivity contribution in [2.45, 2.75) is 57.6 Å². The van der Waals surface area contributed by atoms with E-state index in [0.717, 1.165) is 25.9 Å². The Kier molecular flexibility index (Phi) is 6.26. The van der Waals surface area contributed by atoms with E-state index >= 15 is 0 Å². The van der Waals surface area contributed by atoms with Crippen molar-refractivity contribution in [2.75, 3.05) is 20.2 Å². The molecule has 20 heavy (non-hydrogen) atoms. The predicted octanol–water partition coefficient (Wildman–Crippen LogP) is 1.84. The number of nitrogens with one attached hydrogen (secondary N) is 1. The Labute approximate surface area is 120 Å². The molecule has 1 saturated heterocycles. The van der Waals surface area contributed by atoms with Gasteiger partial charge in [-0.25, -0.2) is 4.79 Å². The monoisotopic (exact) mass is 286 g/mol. The fourth-order valence-corrected chi connectivity index (χ4v) is 2.21. The first-order valence-electron chi connectivity index (χ1n) is 7.17. The number of urea groups is 1. The van der Waals surface area contributed by atoms with Crippen molar-refractivity contribution in [3.8, 4) is 0 Å². The van der Waals surface area contributed by atoms with Crippen LogP contribution in [0, 0.1) is 0 Å². The van der Waals surface area contributed by atoms with Crippen LogP contribution in [0.4, 0.5) is 4.79 Å². The molecule has 0 aromatic rings. The molecule has 1 heterocycles. The summed E-state index contributed by atoms with van der Waals surface area (Å²) in [5.41, 5.74) is -0.531. The Morgan fingerprint density at radius 2 is 2.10 bits per heavy atom. The van der Waals surface area contributed by atoms with Gasteiger partial charge in [0, 0.05) is 32.2 Å². The lowest BCUT2D eigenvalue weighted by Crippen LogP contribution is -2.50. The lowest BCUT2D eigenvalue weighted by atomic mass is 9.99. The van der Waals surface area contributed by atoms with E-state index in [1.54, 1.807) is 11.9 Å². The van der Waals surface area contributed by atoms with Gasteiger partial charge in [0.05, 0.1) is 6.10 Å². The number of carboxylic acids is 1. The van der Waals surface area contributed by atoms with Crippen LogP contribution in [-0.4, -0.2) is 53.8 Å². The third-order valence-corrected chi connectivity index (χ3v) is 3.51. The zero-order chi connectivity index (χ0) is 15.2. The van der Waals surface area contributed by atoms with Crippen LogP contribution in [0.2, 0.25) is 0 Å². The molecule has 2 N–H and O–H groups in total. The Hall–Kier alpha value is -1.30.